The van der Waals surface area contributed by atoms with E-state index in [-0.39, 0.29) is 17.5 Å². The first-order chi connectivity index (χ1) is 10.4. The molecule has 2 aromatic rings. The van der Waals surface area contributed by atoms with Crippen LogP contribution in [0.5, 0.6) is 5.75 Å². The van der Waals surface area contributed by atoms with E-state index in [1.54, 1.807) is 0 Å². The van der Waals surface area contributed by atoms with Gasteiger partial charge in [0.25, 0.3) is 0 Å². The molecule has 0 saturated heterocycles. The zero-order chi connectivity index (χ0) is 16.2. The molecule has 116 valence electrons. The fourth-order valence-corrected chi connectivity index (χ4v) is 2.28. The van der Waals surface area contributed by atoms with Gasteiger partial charge in [-0.25, -0.2) is 0 Å². The third-order valence-corrected chi connectivity index (χ3v) is 3.30. The minimum atomic E-state index is -4.73. The molecule has 2 aromatic carbocycles. The topological polar surface area (TPSA) is 26.3 Å². The van der Waals surface area contributed by atoms with Crippen LogP contribution < -0.4 is 4.74 Å². The van der Waals surface area contributed by atoms with Gasteiger partial charge in [0.1, 0.15) is 5.75 Å². The molecule has 1 unspecified atom stereocenters. The number of benzene rings is 2. The Morgan fingerprint density at radius 1 is 1.05 bits per heavy atom. The van der Waals surface area contributed by atoms with E-state index in [0.29, 0.717) is 12.0 Å². The SMILES string of the molecule is CCC(C(=O)c1ccc(OC(F)(F)F)cc1)c1ccccc1. The Balaban J connectivity index is 2.18. The molecule has 0 aliphatic carbocycles. The molecule has 0 aromatic heterocycles. The van der Waals surface area contributed by atoms with Crippen LogP contribution >= 0.6 is 0 Å². The van der Waals surface area contributed by atoms with Gasteiger partial charge in [-0.05, 0) is 36.2 Å². The summed E-state index contributed by atoms with van der Waals surface area (Å²) in [5.41, 5.74) is 1.26. The van der Waals surface area contributed by atoms with Gasteiger partial charge in [-0.15, -0.1) is 13.2 Å². The third kappa shape index (κ3) is 4.10. The fraction of sp³-hybridized carbons (Fsp3) is 0.235. The molecule has 0 bridgehead atoms. The average molecular weight is 308 g/mol. The van der Waals surface area contributed by atoms with E-state index >= 15 is 0 Å². The summed E-state index contributed by atoms with van der Waals surface area (Å²) < 4.78 is 40.1. The maximum Gasteiger partial charge on any atom is 0.573 e. The second-order valence-corrected chi connectivity index (χ2v) is 4.81. The molecule has 1 atom stereocenters. The van der Waals surface area contributed by atoms with Gasteiger partial charge in [0.05, 0.1) is 0 Å². The van der Waals surface area contributed by atoms with Crippen molar-refractivity contribution in [2.45, 2.75) is 25.6 Å². The van der Waals surface area contributed by atoms with Gasteiger partial charge in [-0.3, -0.25) is 4.79 Å². The number of rotatable bonds is 5. The Hall–Kier alpha value is -2.30. The number of hydrogen-bond acceptors (Lipinski definition) is 2. The lowest BCUT2D eigenvalue weighted by molar-refractivity contribution is -0.274. The van der Waals surface area contributed by atoms with Crippen LogP contribution in [0.25, 0.3) is 0 Å². The van der Waals surface area contributed by atoms with E-state index in [2.05, 4.69) is 4.74 Å². The van der Waals surface area contributed by atoms with E-state index in [1.807, 2.05) is 37.3 Å². The first-order valence-corrected chi connectivity index (χ1v) is 6.85. The highest BCUT2D eigenvalue weighted by atomic mass is 19.4. The number of hydrogen-bond donors (Lipinski definition) is 0. The molecule has 0 N–H and O–H groups in total. The van der Waals surface area contributed by atoms with Crippen molar-refractivity contribution in [3.05, 3.63) is 65.7 Å². The molecule has 0 heterocycles. The molecule has 2 rings (SSSR count). The minimum Gasteiger partial charge on any atom is -0.406 e. The second kappa shape index (κ2) is 6.64. The minimum absolute atomic E-state index is 0.118. The second-order valence-electron chi connectivity index (χ2n) is 4.81. The van der Waals surface area contributed by atoms with Crippen molar-refractivity contribution in [3.63, 3.8) is 0 Å². The summed E-state index contributed by atoms with van der Waals surface area (Å²) >= 11 is 0. The fourth-order valence-electron chi connectivity index (χ4n) is 2.28. The summed E-state index contributed by atoms with van der Waals surface area (Å²) in [4.78, 5) is 12.5. The number of carbonyl (C=O) groups excluding carboxylic acids is 1. The van der Waals surface area contributed by atoms with Crippen LogP contribution in [-0.2, 0) is 0 Å². The zero-order valence-electron chi connectivity index (χ0n) is 11.9. The summed E-state index contributed by atoms with van der Waals surface area (Å²) in [5, 5.41) is 0. The van der Waals surface area contributed by atoms with Crippen LogP contribution in [0.2, 0.25) is 0 Å². The molecule has 0 aliphatic heterocycles. The zero-order valence-corrected chi connectivity index (χ0v) is 11.9. The van der Waals surface area contributed by atoms with Crippen LogP contribution in [-0.4, -0.2) is 12.1 Å². The lowest BCUT2D eigenvalue weighted by Gasteiger charge is -2.15. The predicted octanol–water partition coefficient (Wildman–Crippen LogP) is 4.96. The van der Waals surface area contributed by atoms with Crippen molar-refractivity contribution in [2.75, 3.05) is 0 Å². The van der Waals surface area contributed by atoms with Crippen LogP contribution in [0.4, 0.5) is 13.2 Å². The van der Waals surface area contributed by atoms with Gasteiger partial charge < -0.3 is 4.74 Å². The van der Waals surface area contributed by atoms with E-state index in [0.717, 1.165) is 17.7 Å². The largest absolute Gasteiger partial charge is 0.573 e. The first-order valence-electron chi connectivity index (χ1n) is 6.85. The van der Waals surface area contributed by atoms with Crippen molar-refractivity contribution in [1.29, 1.82) is 0 Å². The third-order valence-electron chi connectivity index (χ3n) is 3.30. The molecule has 5 heteroatoms. The maximum atomic E-state index is 12.5. The van der Waals surface area contributed by atoms with Crippen molar-refractivity contribution >= 4 is 5.78 Å². The van der Waals surface area contributed by atoms with E-state index in [9.17, 15) is 18.0 Å². The van der Waals surface area contributed by atoms with Gasteiger partial charge in [0.15, 0.2) is 5.78 Å². The van der Waals surface area contributed by atoms with Crippen LogP contribution in [0.3, 0.4) is 0 Å². The number of alkyl halides is 3. The molecular formula is C17H15F3O2. The normalized spacial score (nSPS) is 12.7. The number of ether oxygens (including phenoxy) is 1. The Morgan fingerprint density at radius 3 is 2.14 bits per heavy atom. The van der Waals surface area contributed by atoms with Crippen molar-refractivity contribution in [1.82, 2.24) is 0 Å². The van der Waals surface area contributed by atoms with Crippen LogP contribution in [0.15, 0.2) is 54.6 Å². The van der Waals surface area contributed by atoms with E-state index in [1.165, 1.54) is 12.1 Å². The number of Topliss-reactive ketones (excluding diaryl/α,β-unsaturated/α-hetero) is 1. The molecule has 0 aliphatic rings. The monoisotopic (exact) mass is 308 g/mol. The van der Waals surface area contributed by atoms with Crippen molar-refractivity contribution in [2.24, 2.45) is 0 Å². The van der Waals surface area contributed by atoms with Gasteiger partial charge in [-0.1, -0.05) is 37.3 Å². The lowest BCUT2D eigenvalue weighted by Crippen LogP contribution is -2.17. The van der Waals surface area contributed by atoms with E-state index < -0.39 is 6.36 Å². The number of carbonyl (C=O) groups is 1. The molecule has 0 fully saturated rings. The highest BCUT2D eigenvalue weighted by molar-refractivity contribution is 6.01. The molecule has 0 radical (unpaired) electrons. The standard InChI is InChI=1S/C17H15F3O2/c1-2-15(12-6-4-3-5-7-12)16(21)13-8-10-14(11-9-13)22-17(18,19)20/h3-11,15H,2H2,1H3. The summed E-state index contributed by atoms with van der Waals surface area (Å²) in [6, 6.07) is 14.3. The first kappa shape index (κ1) is 16.1. The molecule has 0 spiro atoms. The Kier molecular flexibility index (Phi) is 4.85. The number of ketones is 1. The molecular weight excluding hydrogens is 293 g/mol. The lowest BCUT2D eigenvalue weighted by atomic mass is 9.89. The highest BCUT2D eigenvalue weighted by Gasteiger charge is 2.31. The number of halogens is 3. The molecule has 0 saturated carbocycles. The van der Waals surface area contributed by atoms with Gasteiger partial charge in [-0.2, -0.15) is 0 Å². The average Bonchev–Trinajstić information content (AvgIpc) is 2.48. The van der Waals surface area contributed by atoms with Crippen molar-refractivity contribution < 1.29 is 22.7 Å². The molecule has 2 nitrogen and oxygen atoms in total. The van der Waals surface area contributed by atoms with Gasteiger partial charge in [0, 0.05) is 11.5 Å². The Morgan fingerprint density at radius 2 is 1.64 bits per heavy atom. The Labute approximate surface area is 126 Å². The summed E-state index contributed by atoms with van der Waals surface area (Å²) in [6.07, 6.45) is -4.12. The van der Waals surface area contributed by atoms with Gasteiger partial charge in [0.2, 0.25) is 0 Å². The van der Waals surface area contributed by atoms with Crippen molar-refractivity contribution in [3.8, 4) is 5.75 Å². The molecule has 0 amide bonds. The highest BCUT2D eigenvalue weighted by Crippen LogP contribution is 2.27. The summed E-state index contributed by atoms with van der Waals surface area (Å²) in [7, 11) is 0. The molecule has 22 heavy (non-hydrogen) atoms. The summed E-state index contributed by atoms with van der Waals surface area (Å²) in [6.45, 7) is 1.90. The summed E-state index contributed by atoms with van der Waals surface area (Å²) in [5.74, 6) is -0.764. The predicted molar refractivity (Wildman–Crippen MR) is 76.9 cm³/mol. The van der Waals surface area contributed by atoms with Crippen LogP contribution in [0, 0.1) is 0 Å². The van der Waals surface area contributed by atoms with E-state index in [4.69, 9.17) is 0 Å². The Bertz CT molecular complexity index is 619. The van der Waals surface area contributed by atoms with Crippen LogP contribution in [0.1, 0.15) is 35.2 Å². The van der Waals surface area contributed by atoms with Gasteiger partial charge >= 0.3 is 6.36 Å². The maximum absolute atomic E-state index is 12.5. The quantitative estimate of drug-likeness (QED) is 0.730. The smallest absolute Gasteiger partial charge is 0.406 e.